The summed E-state index contributed by atoms with van der Waals surface area (Å²) in [7, 11) is 0. The Morgan fingerprint density at radius 3 is 2.37 bits per heavy atom. The van der Waals surface area contributed by atoms with Crippen LogP contribution in [0.2, 0.25) is 0 Å². The number of nitrogens with zero attached hydrogens (tertiary/aromatic N) is 4. The molecule has 3 aromatic carbocycles. The Bertz CT molecular complexity index is 1620. The lowest BCUT2D eigenvalue weighted by molar-refractivity contribution is -0.384. The zero-order chi connectivity index (χ0) is 28.6. The number of furan rings is 1. The van der Waals surface area contributed by atoms with Crippen molar-refractivity contribution in [1.82, 2.24) is 10.3 Å². The van der Waals surface area contributed by atoms with E-state index < -0.39 is 10.8 Å². The summed E-state index contributed by atoms with van der Waals surface area (Å²) in [6.45, 7) is 3.39. The number of piperidine rings is 1. The number of amidine groups is 1. The summed E-state index contributed by atoms with van der Waals surface area (Å²) in [5.74, 6) is 0.268. The predicted molar refractivity (Wildman–Crippen MR) is 161 cm³/mol. The van der Waals surface area contributed by atoms with Crippen LogP contribution >= 0.6 is 0 Å². The number of amides is 1. The second-order valence-corrected chi connectivity index (χ2v) is 9.63. The van der Waals surface area contributed by atoms with Gasteiger partial charge in [-0.3, -0.25) is 20.3 Å². The lowest BCUT2D eigenvalue weighted by Crippen LogP contribution is -2.41. The molecule has 1 saturated heterocycles. The smallest absolute Gasteiger partial charge is 0.307 e. The number of nitrogens with one attached hydrogen (secondary N) is 2. The Labute approximate surface area is 237 Å². The summed E-state index contributed by atoms with van der Waals surface area (Å²) < 4.78 is 5.83. The number of para-hydroxylation sites is 1. The standard InChI is InChI=1S/C31H30N6O4/c1-22-26-12-6-7-13-28(26)41-29(22)31(38)35-33-27(19-14-23-10-4-2-5-11-23)30(36-20-8-3-9-21-36)34-32-24-15-17-25(18-16-24)37(39)40/h2,4-7,10-19,32H,3,8-9,20-21H2,1H3,(H,35,38)/b19-14+,33-27-,34-30+. The predicted octanol–water partition coefficient (Wildman–Crippen LogP) is 6.36. The van der Waals surface area contributed by atoms with Gasteiger partial charge in [-0.15, -0.1) is 0 Å². The minimum Gasteiger partial charge on any atom is -0.451 e. The van der Waals surface area contributed by atoms with Crippen LogP contribution in [-0.2, 0) is 0 Å². The number of likely N-dealkylation sites (tertiary alicyclic amines) is 1. The fourth-order valence-corrected chi connectivity index (χ4v) is 4.62. The van der Waals surface area contributed by atoms with Gasteiger partial charge in [-0.25, -0.2) is 5.43 Å². The van der Waals surface area contributed by atoms with Gasteiger partial charge < -0.3 is 9.32 Å². The minimum absolute atomic E-state index is 0.00702. The third-order valence-corrected chi connectivity index (χ3v) is 6.81. The van der Waals surface area contributed by atoms with E-state index in [-0.39, 0.29) is 11.4 Å². The molecule has 0 atom stereocenters. The lowest BCUT2D eigenvalue weighted by atomic mass is 10.1. The molecule has 0 radical (unpaired) electrons. The maximum atomic E-state index is 13.2. The number of aryl methyl sites for hydroxylation is 1. The number of carbonyl (C=O) groups excluding carboxylic acids is 1. The molecular weight excluding hydrogens is 520 g/mol. The van der Waals surface area contributed by atoms with Gasteiger partial charge in [-0.1, -0.05) is 54.6 Å². The number of benzene rings is 3. The van der Waals surface area contributed by atoms with Crippen LogP contribution < -0.4 is 10.9 Å². The van der Waals surface area contributed by atoms with Gasteiger partial charge in [0.05, 0.1) is 10.6 Å². The van der Waals surface area contributed by atoms with Crippen LogP contribution in [0.15, 0.2) is 99.6 Å². The molecule has 41 heavy (non-hydrogen) atoms. The summed E-state index contributed by atoms with van der Waals surface area (Å²) in [5, 5.41) is 21.1. The molecule has 10 nitrogen and oxygen atoms in total. The molecule has 5 rings (SSSR count). The van der Waals surface area contributed by atoms with Crippen LogP contribution in [0.1, 0.15) is 40.9 Å². The topological polar surface area (TPSA) is 125 Å². The molecule has 0 spiro atoms. The molecule has 0 bridgehead atoms. The first-order chi connectivity index (χ1) is 20.0. The molecule has 1 fully saturated rings. The van der Waals surface area contributed by atoms with E-state index in [2.05, 4.69) is 26.0 Å². The summed E-state index contributed by atoms with van der Waals surface area (Å²) in [5.41, 5.74) is 9.02. The molecule has 4 aromatic rings. The van der Waals surface area contributed by atoms with Crippen molar-refractivity contribution in [2.45, 2.75) is 26.2 Å². The highest BCUT2D eigenvalue weighted by Crippen LogP contribution is 2.25. The lowest BCUT2D eigenvalue weighted by Gasteiger charge is -2.29. The number of hydrogen-bond acceptors (Lipinski definition) is 7. The van der Waals surface area contributed by atoms with Crippen LogP contribution in [-0.4, -0.2) is 40.4 Å². The van der Waals surface area contributed by atoms with Crippen molar-refractivity contribution in [3.05, 3.63) is 112 Å². The number of hydrazone groups is 2. The van der Waals surface area contributed by atoms with Crippen LogP contribution in [0.5, 0.6) is 0 Å². The number of fused-ring (bicyclic) bond motifs is 1. The maximum Gasteiger partial charge on any atom is 0.307 e. The first-order valence-corrected chi connectivity index (χ1v) is 13.4. The maximum absolute atomic E-state index is 13.2. The average molecular weight is 551 g/mol. The fraction of sp³-hybridized carbons (Fsp3) is 0.194. The van der Waals surface area contributed by atoms with Gasteiger partial charge >= 0.3 is 5.91 Å². The van der Waals surface area contributed by atoms with Crippen molar-refractivity contribution < 1.29 is 14.1 Å². The van der Waals surface area contributed by atoms with Crippen molar-refractivity contribution in [3.63, 3.8) is 0 Å². The molecule has 0 saturated carbocycles. The molecule has 2 N–H and O–H groups in total. The molecule has 10 heteroatoms. The zero-order valence-corrected chi connectivity index (χ0v) is 22.6. The molecule has 2 heterocycles. The van der Waals surface area contributed by atoms with Gasteiger partial charge in [-0.05, 0) is 56.0 Å². The minimum atomic E-state index is -0.467. The molecule has 1 aliphatic rings. The number of anilines is 1. The van der Waals surface area contributed by atoms with E-state index in [0.29, 0.717) is 22.8 Å². The van der Waals surface area contributed by atoms with Crippen molar-refractivity contribution in [3.8, 4) is 0 Å². The van der Waals surface area contributed by atoms with E-state index in [1.807, 2.05) is 73.7 Å². The largest absolute Gasteiger partial charge is 0.451 e. The Morgan fingerprint density at radius 2 is 1.66 bits per heavy atom. The number of hydrogen-bond donors (Lipinski definition) is 2. The highest BCUT2D eigenvalue weighted by molar-refractivity contribution is 6.46. The molecule has 1 amide bonds. The highest BCUT2D eigenvalue weighted by atomic mass is 16.6. The van der Waals surface area contributed by atoms with E-state index in [9.17, 15) is 14.9 Å². The van der Waals surface area contributed by atoms with Crippen LogP contribution in [0.4, 0.5) is 11.4 Å². The van der Waals surface area contributed by atoms with E-state index in [4.69, 9.17) is 4.42 Å². The summed E-state index contributed by atoms with van der Waals surface area (Å²) in [6, 6.07) is 23.3. The number of nitro benzene ring substituents is 1. The second kappa shape index (κ2) is 12.7. The Morgan fingerprint density at radius 1 is 0.951 bits per heavy atom. The quantitative estimate of drug-likeness (QED) is 0.114. The molecular formula is C31H30N6O4. The first kappa shape index (κ1) is 27.3. The fourth-order valence-electron chi connectivity index (χ4n) is 4.62. The number of non-ortho nitro benzene ring substituents is 1. The zero-order valence-electron chi connectivity index (χ0n) is 22.6. The Kier molecular flexibility index (Phi) is 8.49. The van der Waals surface area contributed by atoms with E-state index >= 15 is 0 Å². The van der Waals surface area contributed by atoms with Gasteiger partial charge in [0.2, 0.25) is 0 Å². The molecule has 1 aliphatic heterocycles. The summed E-state index contributed by atoms with van der Waals surface area (Å²) in [4.78, 5) is 25.9. The van der Waals surface area contributed by atoms with Crippen LogP contribution in [0, 0.1) is 17.0 Å². The van der Waals surface area contributed by atoms with Crippen LogP contribution in [0.25, 0.3) is 17.0 Å². The second-order valence-electron chi connectivity index (χ2n) is 9.63. The van der Waals surface area contributed by atoms with Gasteiger partial charge in [0.15, 0.2) is 11.6 Å². The van der Waals surface area contributed by atoms with Crippen molar-refractivity contribution in [1.29, 1.82) is 0 Å². The summed E-state index contributed by atoms with van der Waals surface area (Å²) >= 11 is 0. The van der Waals surface area contributed by atoms with Gasteiger partial charge in [-0.2, -0.15) is 10.2 Å². The van der Waals surface area contributed by atoms with Crippen molar-refractivity contribution in [2.75, 3.05) is 18.5 Å². The monoisotopic (exact) mass is 550 g/mol. The van der Waals surface area contributed by atoms with Crippen molar-refractivity contribution >= 4 is 45.9 Å². The average Bonchev–Trinajstić information content (AvgIpc) is 3.35. The SMILES string of the molecule is Cc1c(C(=O)N/N=C(/C=C/c2ccccc2)C(=N/Nc2ccc([N+](=O)[O-])cc2)\N2CCCCC2)oc2ccccc12. The van der Waals surface area contributed by atoms with E-state index in [1.54, 1.807) is 12.1 Å². The Hall–Kier alpha value is -5.25. The van der Waals surface area contributed by atoms with Gasteiger partial charge in [0.1, 0.15) is 11.3 Å². The number of rotatable bonds is 8. The molecule has 1 aromatic heterocycles. The van der Waals surface area contributed by atoms with E-state index in [1.165, 1.54) is 12.1 Å². The number of carbonyl (C=O) groups is 1. The van der Waals surface area contributed by atoms with Crippen molar-refractivity contribution in [2.24, 2.45) is 10.2 Å². The molecule has 0 aliphatic carbocycles. The van der Waals surface area contributed by atoms with Crippen LogP contribution in [0.3, 0.4) is 0 Å². The first-order valence-electron chi connectivity index (χ1n) is 13.4. The number of nitro groups is 1. The third kappa shape index (κ3) is 6.67. The summed E-state index contributed by atoms with van der Waals surface area (Å²) in [6.07, 6.45) is 6.83. The van der Waals surface area contributed by atoms with Gasteiger partial charge in [0.25, 0.3) is 5.69 Å². The van der Waals surface area contributed by atoms with E-state index in [0.717, 1.165) is 48.9 Å². The third-order valence-electron chi connectivity index (χ3n) is 6.81. The highest BCUT2D eigenvalue weighted by Gasteiger charge is 2.21. The molecule has 0 unspecified atom stereocenters. The normalized spacial score (nSPS) is 14.4. The Balaban J connectivity index is 1.49. The molecule has 208 valence electrons. The van der Waals surface area contributed by atoms with Gasteiger partial charge in [0, 0.05) is 36.2 Å².